The van der Waals surface area contributed by atoms with E-state index in [1.54, 1.807) is 0 Å². The molecule has 3 aromatic rings. The molecule has 0 radical (unpaired) electrons. The van der Waals surface area contributed by atoms with E-state index in [0.29, 0.717) is 5.56 Å². The summed E-state index contributed by atoms with van der Waals surface area (Å²) >= 11 is 0. The quantitative estimate of drug-likeness (QED) is 0.586. The van der Waals surface area contributed by atoms with Crippen LogP contribution in [0.25, 0.3) is 11.1 Å². The van der Waals surface area contributed by atoms with Crippen molar-refractivity contribution >= 4 is 17.4 Å². The van der Waals surface area contributed by atoms with Gasteiger partial charge in [0.15, 0.2) is 5.78 Å². The maximum Gasteiger partial charge on any atom is 0.224 e. The molecule has 27 heavy (non-hydrogen) atoms. The van der Waals surface area contributed by atoms with Gasteiger partial charge in [-0.1, -0.05) is 66.7 Å². The second kappa shape index (κ2) is 8.45. The average Bonchev–Trinajstić information content (AvgIpc) is 2.70. The fraction of sp³-hybridized carbons (Fsp3) is 0.167. The molecule has 0 saturated heterocycles. The van der Waals surface area contributed by atoms with E-state index in [0.717, 1.165) is 27.9 Å². The SMILES string of the molecule is Cc1ccc(C)c(NC(=O)CCC(=O)c2ccc(-c3ccccc3)cc2)c1. The molecule has 0 unspecified atom stereocenters. The van der Waals surface area contributed by atoms with Gasteiger partial charge in [-0.15, -0.1) is 0 Å². The first kappa shape index (κ1) is 18.6. The van der Waals surface area contributed by atoms with Crippen molar-refractivity contribution in [3.05, 3.63) is 89.5 Å². The summed E-state index contributed by atoms with van der Waals surface area (Å²) in [6, 6.07) is 23.5. The van der Waals surface area contributed by atoms with Crippen LogP contribution in [0.4, 0.5) is 5.69 Å². The molecule has 3 aromatic carbocycles. The van der Waals surface area contributed by atoms with Gasteiger partial charge in [0.2, 0.25) is 5.91 Å². The van der Waals surface area contributed by atoms with Gasteiger partial charge >= 0.3 is 0 Å². The van der Waals surface area contributed by atoms with E-state index < -0.39 is 0 Å². The maximum atomic E-state index is 12.4. The number of carbonyl (C=O) groups excluding carboxylic acids is 2. The first-order valence-electron chi connectivity index (χ1n) is 9.09. The number of rotatable bonds is 6. The van der Waals surface area contributed by atoms with Crippen molar-refractivity contribution in [1.29, 1.82) is 0 Å². The van der Waals surface area contributed by atoms with Crippen LogP contribution in [0, 0.1) is 13.8 Å². The predicted molar refractivity (Wildman–Crippen MR) is 110 cm³/mol. The zero-order valence-electron chi connectivity index (χ0n) is 15.7. The third kappa shape index (κ3) is 4.91. The molecule has 3 rings (SSSR count). The van der Waals surface area contributed by atoms with Crippen LogP contribution in [0.5, 0.6) is 0 Å². The molecule has 0 spiro atoms. The van der Waals surface area contributed by atoms with Gasteiger partial charge in [0.1, 0.15) is 0 Å². The summed E-state index contributed by atoms with van der Waals surface area (Å²) < 4.78 is 0. The van der Waals surface area contributed by atoms with Gasteiger partial charge in [-0.2, -0.15) is 0 Å². The molecule has 3 nitrogen and oxygen atoms in total. The van der Waals surface area contributed by atoms with Crippen LogP contribution in [0.2, 0.25) is 0 Å². The van der Waals surface area contributed by atoms with E-state index in [4.69, 9.17) is 0 Å². The first-order chi connectivity index (χ1) is 13.0. The van der Waals surface area contributed by atoms with E-state index in [-0.39, 0.29) is 24.5 Å². The van der Waals surface area contributed by atoms with Crippen molar-refractivity contribution in [3.63, 3.8) is 0 Å². The second-order valence-corrected chi connectivity index (χ2v) is 6.73. The summed E-state index contributed by atoms with van der Waals surface area (Å²) in [5, 5.41) is 2.90. The van der Waals surface area contributed by atoms with Gasteiger partial charge in [-0.05, 0) is 42.2 Å². The molecule has 3 heteroatoms. The van der Waals surface area contributed by atoms with Gasteiger partial charge in [0, 0.05) is 24.1 Å². The Morgan fingerprint density at radius 3 is 2.15 bits per heavy atom. The Hall–Kier alpha value is -3.20. The fourth-order valence-electron chi connectivity index (χ4n) is 2.93. The highest BCUT2D eigenvalue weighted by atomic mass is 16.2. The number of carbonyl (C=O) groups is 2. The molecule has 0 fully saturated rings. The summed E-state index contributed by atoms with van der Waals surface area (Å²) in [7, 11) is 0. The minimum Gasteiger partial charge on any atom is -0.326 e. The topological polar surface area (TPSA) is 46.2 Å². The number of benzene rings is 3. The number of hydrogen-bond donors (Lipinski definition) is 1. The Balaban J connectivity index is 1.57. The van der Waals surface area contributed by atoms with Crippen molar-refractivity contribution in [1.82, 2.24) is 0 Å². The third-order valence-corrected chi connectivity index (χ3v) is 4.56. The number of anilines is 1. The highest BCUT2D eigenvalue weighted by Gasteiger charge is 2.11. The number of aryl methyl sites for hydroxylation is 2. The molecular weight excluding hydrogens is 334 g/mol. The van der Waals surface area contributed by atoms with E-state index in [2.05, 4.69) is 5.32 Å². The van der Waals surface area contributed by atoms with Gasteiger partial charge in [-0.25, -0.2) is 0 Å². The maximum absolute atomic E-state index is 12.4. The first-order valence-corrected chi connectivity index (χ1v) is 9.09. The largest absolute Gasteiger partial charge is 0.326 e. The standard InChI is InChI=1S/C24H23NO2/c1-17-8-9-18(2)22(16-17)25-24(27)15-14-23(26)21-12-10-20(11-13-21)19-6-4-3-5-7-19/h3-13,16H,14-15H2,1-2H3,(H,25,27). The molecule has 1 amide bonds. The van der Waals surface area contributed by atoms with E-state index >= 15 is 0 Å². The molecule has 0 aliphatic heterocycles. The smallest absolute Gasteiger partial charge is 0.224 e. The zero-order valence-corrected chi connectivity index (χ0v) is 15.7. The molecule has 1 N–H and O–H groups in total. The number of ketones is 1. The molecule has 0 aliphatic rings. The van der Waals surface area contributed by atoms with Crippen molar-refractivity contribution in [2.24, 2.45) is 0 Å². The Kier molecular flexibility index (Phi) is 5.82. The lowest BCUT2D eigenvalue weighted by Crippen LogP contribution is -2.14. The summed E-state index contributed by atoms with van der Waals surface area (Å²) in [6.07, 6.45) is 0.369. The van der Waals surface area contributed by atoms with Crippen LogP contribution in [-0.4, -0.2) is 11.7 Å². The van der Waals surface area contributed by atoms with Crippen molar-refractivity contribution < 1.29 is 9.59 Å². The second-order valence-electron chi connectivity index (χ2n) is 6.73. The summed E-state index contributed by atoms with van der Waals surface area (Å²) in [4.78, 5) is 24.6. The molecule has 0 heterocycles. The normalized spacial score (nSPS) is 10.4. The summed E-state index contributed by atoms with van der Waals surface area (Å²) in [5.74, 6) is -0.163. The third-order valence-electron chi connectivity index (χ3n) is 4.56. The Morgan fingerprint density at radius 2 is 1.44 bits per heavy atom. The summed E-state index contributed by atoms with van der Waals surface area (Å²) in [6.45, 7) is 3.94. The van der Waals surface area contributed by atoms with Crippen LogP contribution in [0.1, 0.15) is 34.3 Å². The Labute approximate surface area is 160 Å². The fourth-order valence-corrected chi connectivity index (χ4v) is 2.93. The number of amides is 1. The molecule has 136 valence electrons. The van der Waals surface area contributed by atoms with Crippen LogP contribution in [0.15, 0.2) is 72.8 Å². The highest BCUT2D eigenvalue weighted by molar-refractivity contribution is 6.00. The van der Waals surface area contributed by atoms with Crippen molar-refractivity contribution in [3.8, 4) is 11.1 Å². The zero-order chi connectivity index (χ0) is 19.2. The van der Waals surface area contributed by atoms with Gasteiger partial charge in [-0.3, -0.25) is 9.59 Å². The molecule has 0 saturated carbocycles. The van der Waals surface area contributed by atoms with Crippen molar-refractivity contribution in [2.75, 3.05) is 5.32 Å². The van der Waals surface area contributed by atoms with Crippen LogP contribution >= 0.6 is 0 Å². The average molecular weight is 357 g/mol. The lowest BCUT2D eigenvalue weighted by atomic mass is 10.0. The Bertz CT molecular complexity index is 944. The highest BCUT2D eigenvalue weighted by Crippen LogP contribution is 2.20. The number of nitrogens with one attached hydrogen (secondary N) is 1. The van der Waals surface area contributed by atoms with Gasteiger partial charge in [0.05, 0.1) is 0 Å². The van der Waals surface area contributed by atoms with Gasteiger partial charge < -0.3 is 5.32 Å². The minimum absolute atomic E-state index is 0.0225. The van der Waals surface area contributed by atoms with E-state index in [1.165, 1.54) is 0 Å². The molecule has 0 bridgehead atoms. The lowest BCUT2D eigenvalue weighted by Gasteiger charge is -2.09. The van der Waals surface area contributed by atoms with Crippen LogP contribution in [0.3, 0.4) is 0 Å². The molecular formula is C24H23NO2. The van der Waals surface area contributed by atoms with E-state index in [1.807, 2.05) is 86.6 Å². The molecule has 0 aromatic heterocycles. The van der Waals surface area contributed by atoms with Crippen molar-refractivity contribution in [2.45, 2.75) is 26.7 Å². The predicted octanol–water partition coefficient (Wildman–Crippen LogP) is 5.57. The Morgan fingerprint density at radius 1 is 0.778 bits per heavy atom. The van der Waals surface area contributed by atoms with E-state index in [9.17, 15) is 9.59 Å². The lowest BCUT2D eigenvalue weighted by molar-refractivity contribution is -0.116. The monoisotopic (exact) mass is 357 g/mol. The van der Waals surface area contributed by atoms with Gasteiger partial charge in [0.25, 0.3) is 0 Å². The van der Waals surface area contributed by atoms with Crippen LogP contribution < -0.4 is 5.32 Å². The molecule has 0 atom stereocenters. The molecule has 0 aliphatic carbocycles. The summed E-state index contributed by atoms with van der Waals surface area (Å²) in [5.41, 5.74) is 5.72. The number of Topliss-reactive ketones (excluding diaryl/α,β-unsaturated/α-hetero) is 1. The van der Waals surface area contributed by atoms with Crippen LogP contribution in [-0.2, 0) is 4.79 Å². The number of hydrogen-bond acceptors (Lipinski definition) is 2. The minimum atomic E-state index is -0.141.